The van der Waals surface area contributed by atoms with Crippen molar-refractivity contribution in [3.05, 3.63) is 12.2 Å². The lowest BCUT2D eigenvalue weighted by atomic mass is 10.2. The van der Waals surface area contributed by atoms with Crippen LogP contribution in [0.1, 0.15) is 39.0 Å². The van der Waals surface area contributed by atoms with Gasteiger partial charge >= 0.3 is 5.97 Å². The van der Waals surface area contributed by atoms with Crippen LogP contribution in [-0.4, -0.2) is 24.2 Å². The van der Waals surface area contributed by atoms with Gasteiger partial charge in [-0.3, -0.25) is 0 Å². The fraction of sp³-hybridized carbons (Fsp3) is 0.727. The van der Waals surface area contributed by atoms with Crippen LogP contribution in [0.15, 0.2) is 12.2 Å². The number of nitrogens with one attached hydrogen (secondary N) is 1. The van der Waals surface area contributed by atoms with Crippen molar-refractivity contribution in [2.75, 3.05) is 13.1 Å². The molecule has 1 rings (SSSR count). The highest BCUT2D eigenvalue weighted by Gasteiger charge is 1.99. The van der Waals surface area contributed by atoms with Crippen molar-refractivity contribution in [1.29, 1.82) is 0 Å². The average Bonchev–Trinajstić information content (AvgIpc) is 2.21. The van der Waals surface area contributed by atoms with Crippen molar-refractivity contribution < 1.29 is 9.90 Å². The molecule has 0 bridgehead atoms. The van der Waals surface area contributed by atoms with Gasteiger partial charge in [0.15, 0.2) is 0 Å². The maximum atomic E-state index is 9.99. The average molecular weight is 199 g/mol. The van der Waals surface area contributed by atoms with Gasteiger partial charge in [-0.1, -0.05) is 26.3 Å². The first-order valence-corrected chi connectivity index (χ1v) is 5.30. The van der Waals surface area contributed by atoms with Crippen LogP contribution in [-0.2, 0) is 4.79 Å². The van der Waals surface area contributed by atoms with Crippen molar-refractivity contribution in [3.63, 3.8) is 0 Å². The Kier molecular flexibility index (Phi) is 8.24. The van der Waals surface area contributed by atoms with E-state index in [-0.39, 0.29) is 0 Å². The van der Waals surface area contributed by atoms with Crippen molar-refractivity contribution >= 4 is 5.97 Å². The third kappa shape index (κ3) is 7.80. The van der Waals surface area contributed by atoms with Gasteiger partial charge in [0, 0.05) is 5.57 Å². The molecule has 82 valence electrons. The quantitative estimate of drug-likeness (QED) is 0.685. The normalized spacial score (nSPS) is 15.2. The molecule has 3 heteroatoms. The van der Waals surface area contributed by atoms with Gasteiger partial charge in [-0.15, -0.1) is 0 Å². The van der Waals surface area contributed by atoms with E-state index in [2.05, 4.69) is 11.9 Å². The number of carboxylic acids is 1. The number of carboxylic acid groups (broad SMARTS) is 1. The SMILES string of the molecule is C1CCNCC1.C=C(CCC)C(=O)O. The molecule has 0 radical (unpaired) electrons. The molecule has 3 nitrogen and oxygen atoms in total. The van der Waals surface area contributed by atoms with Crippen LogP contribution in [0.5, 0.6) is 0 Å². The second-order valence-electron chi connectivity index (χ2n) is 3.47. The van der Waals surface area contributed by atoms with Gasteiger partial charge in [-0.05, 0) is 32.4 Å². The van der Waals surface area contributed by atoms with Crippen LogP contribution in [0.4, 0.5) is 0 Å². The van der Waals surface area contributed by atoms with E-state index in [1.165, 1.54) is 32.4 Å². The monoisotopic (exact) mass is 199 g/mol. The first-order valence-electron chi connectivity index (χ1n) is 5.30. The summed E-state index contributed by atoms with van der Waals surface area (Å²) in [4.78, 5) is 9.99. The summed E-state index contributed by atoms with van der Waals surface area (Å²) in [5.41, 5.74) is 0.299. The lowest BCUT2D eigenvalue weighted by Gasteiger charge is -2.08. The Hall–Kier alpha value is -0.830. The molecular weight excluding hydrogens is 178 g/mol. The Labute approximate surface area is 86.2 Å². The van der Waals surface area contributed by atoms with Crippen LogP contribution in [0.2, 0.25) is 0 Å². The first-order chi connectivity index (χ1) is 6.68. The molecule has 1 fully saturated rings. The van der Waals surface area contributed by atoms with Gasteiger partial charge in [0.1, 0.15) is 0 Å². The van der Waals surface area contributed by atoms with Crippen LogP contribution in [0.3, 0.4) is 0 Å². The van der Waals surface area contributed by atoms with Gasteiger partial charge < -0.3 is 10.4 Å². The van der Waals surface area contributed by atoms with Crippen molar-refractivity contribution in [2.24, 2.45) is 0 Å². The topological polar surface area (TPSA) is 49.3 Å². The van der Waals surface area contributed by atoms with Gasteiger partial charge in [0.05, 0.1) is 0 Å². The zero-order valence-corrected chi connectivity index (χ0v) is 9.01. The minimum absolute atomic E-state index is 0.299. The van der Waals surface area contributed by atoms with E-state index in [0.717, 1.165) is 6.42 Å². The minimum atomic E-state index is -0.883. The predicted octanol–water partition coefficient (Wildman–Crippen LogP) is 2.19. The van der Waals surface area contributed by atoms with Crippen LogP contribution >= 0.6 is 0 Å². The zero-order chi connectivity index (χ0) is 10.8. The lowest BCUT2D eigenvalue weighted by molar-refractivity contribution is -0.132. The third-order valence-electron chi connectivity index (χ3n) is 2.06. The summed E-state index contributed by atoms with van der Waals surface area (Å²) in [5, 5.41) is 11.5. The highest BCUT2D eigenvalue weighted by molar-refractivity contribution is 5.85. The molecule has 0 aromatic carbocycles. The predicted molar refractivity (Wildman–Crippen MR) is 58.4 cm³/mol. The lowest BCUT2D eigenvalue weighted by Crippen LogP contribution is -2.21. The second-order valence-corrected chi connectivity index (χ2v) is 3.47. The number of hydrogen-bond donors (Lipinski definition) is 2. The highest BCUT2D eigenvalue weighted by Crippen LogP contribution is 1.99. The minimum Gasteiger partial charge on any atom is -0.478 e. The molecular formula is C11H21NO2. The Morgan fingerprint density at radius 2 is 1.93 bits per heavy atom. The van der Waals surface area contributed by atoms with Crippen molar-refractivity contribution in [3.8, 4) is 0 Å². The fourth-order valence-corrected chi connectivity index (χ4v) is 1.21. The van der Waals surface area contributed by atoms with Gasteiger partial charge in [0.2, 0.25) is 0 Å². The number of hydrogen-bond acceptors (Lipinski definition) is 2. The Balaban J connectivity index is 0.000000249. The summed E-state index contributed by atoms with van der Waals surface area (Å²) < 4.78 is 0. The maximum Gasteiger partial charge on any atom is 0.330 e. The molecule has 2 N–H and O–H groups in total. The third-order valence-corrected chi connectivity index (χ3v) is 2.06. The maximum absolute atomic E-state index is 9.99. The van der Waals surface area contributed by atoms with E-state index in [4.69, 9.17) is 5.11 Å². The van der Waals surface area contributed by atoms with Crippen molar-refractivity contribution in [2.45, 2.75) is 39.0 Å². The van der Waals surface area contributed by atoms with E-state index < -0.39 is 5.97 Å². The molecule has 1 aliphatic heterocycles. The molecule has 0 aliphatic carbocycles. The van der Waals surface area contributed by atoms with E-state index in [9.17, 15) is 4.79 Å². The molecule has 0 saturated carbocycles. The van der Waals surface area contributed by atoms with Crippen LogP contribution < -0.4 is 5.32 Å². The number of aliphatic carboxylic acids is 1. The molecule has 1 heterocycles. The Bertz CT molecular complexity index is 163. The fourth-order valence-electron chi connectivity index (χ4n) is 1.21. The van der Waals surface area contributed by atoms with Crippen LogP contribution in [0.25, 0.3) is 0 Å². The standard InChI is InChI=1S/C6H10O2.C5H11N/c1-3-4-5(2)6(7)8;1-2-4-6-5-3-1/h2-4H2,1H3,(H,7,8);6H,1-5H2. The number of carbonyl (C=O) groups is 1. The molecule has 1 saturated heterocycles. The summed E-state index contributed by atoms with van der Waals surface area (Å²) >= 11 is 0. The smallest absolute Gasteiger partial charge is 0.330 e. The summed E-state index contributed by atoms with van der Waals surface area (Å²) in [6.07, 6.45) is 5.66. The highest BCUT2D eigenvalue weighted by atomic mass is 16.4. The Morgan fingerprint density at radius 1 is 1.36 bits per heavy atom. The molecule has 0 spiro atoms. The Morgan fingerprint density at radius 3 is 2.07 bits per heavy atom. The van der Waals surface area contributed by atoms with E-state index in [1.807, 2.05) is 6.92 Å². The summed E-state index contributed by atoms with van der Waals surface area (Å²) in [5.74, 6) is -0.883. The van der Waals surface area contributed by atoms with Crippen LogP contribution in [0, 0.1) is 0 Å². The van der Waals surface area contributed by atoms with Gasteiger partial charge in [-0.2, -0.15) is 0 Å². The summed E-state index contributed by atoms with van der Waals surface area (Å²) in [6.45, 7) is 7.77. The van der Waals surface area contributed by atoms with E-state index in [0.29, 0.717) is 12.0 Å². The molecule has 0 unspecified atom stereocenters. The number of piperidine rings is 1. The zero-order valence-electron chi connectivity index (χ0n) is 9.01. The van der Waals surface area contributed by atoms with E-state index in [1.54, 1.807) is 0 Å². The molecule has 0 aromatic rings. The number of rotatable bonds is 3. The summed E-state index contributed by atoms with van der Waals surface area (Å²) in [6, 6.07) is 0. The largest absolute Gasteiger partial charge is 0.478 e. The first kappa shape index (κ1) is 13.2. The van der Waals surface area contributed by atoms with Crippen molar-refractivity contribution in [1.82, 2.24) is 5.32 Å². The second kappa shape index (κ2) is 8.75. The summed E-state index contributed by atoms with van der Waals surface area (Å²) in [7, 11) is 0. The molecule has 14 heavy (non-hydrogen) atoms. The van der Waals surface area contributed by atoms with E-state index >= 15 is 0 Å². The van der Waals surface area contributed by atoms with Gasteiger partial charge in [0.25, 0.3) is 0 Å². The molecule has 1 aliphatic rings. The molecule has 0 aromatic heterocycles. The van der Waals surface area contributed by atoms with Gasteiger partial charge in [-0.25, -0.2) is 4.79 Å². The molecule has 0 amide bonds. The molecule has 0 atom stereocenters.